The summed E-state index contributed by atoms with van der Waals surface area (Å²) in [5.41, 5.74) is 0.958. The van der Waals surface area contributed by atoms with Gasteiger partial charge < -0.3 is 20.7 Å². The van der Waals surface area contributed by atoms with E-state index >= 15 is 0 Å². The monoisotopic (exact) mass is 713 g/mol. The van der Waals surface area contributed by atoms with Crippen molar-refractivity contribution in [2.24, 2.45) is 0 Å². The van der Waals surface area contributed by atoms with Gasteiger partial charge in [-0.2, -0.15) is 0 Å². The summed E-state index contributed by atoms with van der Waals surface area (Å²) in [7, 11) is 0. The van der Waals surface area contributed by atoms with Gasteiger partial charge in [-0.3, -0.25) is 14.4 Å². The van der Waals surface area contributed by atoms with Crippen molar-refractivity contribution in [3.8, 4) is 0 Å². The van der Waals surface area contributed by atoms with Crippen molar-refractivity contribution in [2.45, 2.75) is 33.7 Å². The van der Waals surface area contributed by atoms with Gasteiger partial charge in [0.05, 0.1) is 27.6 Å². The molecule has 0 radical (unpaired) electrons. The molecule has 0 atom stereocenters. The lowest BCUT2D eigenvalue weighted by molar-refractivity contribution is -0.124. The predicted molar refractivity (Wildman–Crippen MR) is 127 cm³/mol. The van der Waals surface area contributed by atoms with E-state index in [0.29, 0.717) is 22.1 Å². The summed E-state index contributed by atoms with van der Waals surface area (Å²) in [6.45, 7) is 5.85. The molecule has 3 amide bonds. The molecule has 0 aromatic heterocycles. The van der Waals surface area contributed by atoms with E-state index in [4.69, 9.17) is 4.74 Å². The van der Waals surface area contributed by atoms with Crippen LogP contribution in [-0.4, -0.2) is 36.3 Å². The largest absolute Gasteiger partial charge is 0.452 e. The Kier molecular flexibility index (Phi) is 9.67. The highest BCUT2D eigenvalue weighted by atomic mass is 127. The molecule has 0 bridgehead atoms. The molecule has 0 aliphatic heterocycles. The normalized spacial score (nSPS) is 10.4. The van der Waals surface area contributed by atoms with Gasteiger partial charge in [0.15, 0.2) is 6.61 Å². The van der Waals surface area contributed by atoms with Crippen LogP contribution in [-0.2, 0) is 19.1 Å². The molecule has 0 heterocycles. The van der Waals surface area contributed by atoms with Crippen molar-refractivity contribution >= 4 is 103 Å². The van der Waals surface area contributed by atoms with E-state index in [1.165, 1.54) is 13.8 Å². The third kappa shape index (κ3) is 6.99. The number of benzene rings is 1. The molecule has 0 unspecified atom stereocenters. The van der Waals surface area contributed by atoms with Crippen molar-refractivity contribution in [1.29, 1.82) is 0 Å². The number of hydrogen-bond donors (Lipinski definition) is 3. The lowest BCUT2D eigenvalue weighted by Crippen LogP contribution is -2.34. The number of carbonyl (C=O) groups excluding carboxylic acids is 4. The van der Waals surface area contributed by atoms with E-state index in [2.05, 4.69) is 16.0 Å². The Hall–Kier alpha value is -0.710. The summed E-state index contributed by atoms with van der Waals surface area (Å²) in [6, 6.07) is -0.0764. The van der Waals surface area contributed by atoms with Gasteiger partial charge in [-0.15, -0.1) is 0 Å². The number of esters is 1. The fourth-order valence-electron chi connectivity index (χ4n) is 1.98. The van der Waals surface area contributed by atoms with Gasteiger partial charge in [0, 0.05) is 19.9 Å². The molecule has 0 aliphatic rings. The summed E-state index contributed by atoms with van der Waals surface area (Å²) in [5, 5.41) is 7.97. The van der Waals surface area contributed by atoms with Crippen LogP contribution < -0.4 is 16.0 Å². The number of carbonyl (C=O) groups is 4. The minimum atomic E-state index is -0.725. The number of nitrogens with one attached hydrogen (secondary N) is 3. The van der Waals surface area contributed by atoms with E-state index < -0.39 is 18.5 Å². The van der Waals surface area contributed by atoms with Crippen LogP contribution in [0.25, 0.3) is 0 Å². The Morgan fingerprint density at radius 2 is 1.33 bits per heavy atom. The van der Waals surface area contributed by atoms with Crippen LogP contribution in [0, 0.1) is 10.7 Å². The average Bonchev–Trinajstić information content (AvgIpc) is 2.52. The van der Waals surface area contributed by atoms with Crippen LogP contribution in [0.3, 0.4) is 0 Å². The van der Waals surface area contributed by atoms with E-state index in [9.17, 15) is 19.2 Å². The van der Waals surface area contributed by atoms with Gasteiger partial charge in [-0.25, -0.2) is 4.79 Å². The van der Waals surface area contributed by atoms with E-state index in [-0.39, 0.29) is 23.4 Å². The molecule has 1 aromatic rings. The van der Waals surface area contributed by atoms with E-state index in [1.54, 1.807) is 13.8 Å². The molecule has 0 spiro atoms. The van der Waals surface area contributed by atoms with Crippen LogP contribution in [0.1, 0.15) is 38.1 Å². The van der Waals surface area contributed by atoms with Gasteiger partial charge in [-0.05, 0) is 81.6 Å². The lowest BCUT2D eigenvalue weighted by atomic mass is 10.1. The van der Waals surface area contributed by atoms with Gasteiger partial charge in [0.25, 0.3) is 5.91 Å². The van der Waals surface area contributed by atoms with Crippen molar-refractivity contribution in [2.75, 3.05) is 17.2 Å². The van der Waals surface area contributed by atoms with E-state index in [0.717, 1.165) is 0 Å². The molecule has 3 N–H and O–H groups in total. The molecular weight excluding hydrogens is 695 g/mol. The number of anilines is 2. The Bertz CT molecular complexity index is 753. The third-order valence-corrected chi connectivity index (χ3v) is 6.14. The Morgan fingerprint density at radius 1 is 0.889 bits per heavy atom. The number of hydrogen-bond acceptors (Lipinski definition) is 5. The van der Waals surface area contributed by atoms with E-state index in [1.807, 2.05) is 67.8 Å². The van der Waals surface area contributed by atoms with Crippen LogP contribution in [0.2, 0.25) is 0 Å². The third-order valence-electron chi connectivity index (χ3n) is 2.91. The molecule has 0 aliphatic carbocycles. The second-order valence-electron chi connectivity index (χ2n) is 5.73. The first kappa shape index (κ1) is 24.3. The van der Waals surface area contributed by atoms with Crippen molar-refractivity contribution < 1.29 is 23.9 Å². The molecule has 0 saturated carbocycles. The van der Waals surface area contributed by atoms with Crippen molar-refractivity contribution in [1.82, 2.24) is 5.32 Å². The van der Waals surface area contributed by atoms with Crippen LogP contribution in [0.4, 0.5) is 11.4 Å². The molecule has 27 heavy (non-hydrogen) atoms. The second kappa shape index (κ2) is 10.7. The zero-order chi connectivity index (χ0) is 20.9. The summed E-state index contributed by atoms with van der Waals surface area (Å²) in [5.74, 6) is -1.79. The van der Waals surface area contributed by atoms with Crippen LogP contribution in [0.5, 0.6) is 0 Å². The zero-order valence-corrected chi connectivity index (χ0v) is 21.4. The first-order valence-electron chi connectivity index (χ1n) is 7.67. The molecule has 1 aromatic carbocycles. The maximum absolute atomic E-state index is 12.6. The molecule has 0 saturated heterocycles. The molecular formula is C16H18I3N3O5. The fraction of sp³-hybridized carbons (Fsp3) is 0.375. The Morgan fingerprint density at radius 3 is 1.70 bits per heavy atom. The average molecular weight is 713 g/mol. The first-order chi connectivity index (χ1) is 12.5. The van der Waals surface area contributed by atoms with Gasteiger partial charge in [0.2, 0.25) is 11.8 Å². The topological polar surface area (TPSA) is 114 Å². The fourth-order valence-corrected chi connectivity index (χ4v) is 6.13. The molecule has 11 heteroatoms. The minimum absolute atomic E-state index is 0.0764. The number of halogens is 3. The van der Waals surface area contributed by atoms with Gasteiger partial charge in [-0.1, -0.05) is 0 Å². The van der Waals surface area contributed by atoms with Crippen LogP contribution >= 0.6 is 67.8 Å². The maximum atomic E-state index is 12.6. The van der Waals surface area contributed by atoms with Gasteiger partial charge in [0.1, 0.15) is 0 Å². The summed E-state index contributed by atoms with van der Waals surface area (Å²) < 4.78 is 6.62. The maximum Gasteiger partial charge on any atom is 0.340 e. The van der Waals surface area contributed by atoms with Crippen molar-refractivity contribution in [3.63, 3.8) is 0 Å². The lowest BCUT2D eigenvalue weighted by Gasteiger charge is -2.19. The molecule has 8 nitrogen and oxygen atoms in total. The summed E-state index contributed by atoms with van der Waals surface area (Å²) in [6.07, 6.45) is 0. The van der Waals surface area contributed by atoms with Gasteiger partial charge >= 0.3 is 5.97 Å². The standard InChI is InChI=1S/C16H18I3N3O5/c1-6(2)20-9(25)5-27-16(26)10-11(17)14(21-7(3)23)13(19)15(12(10)18)22-8(4)24/h6H,5H2,1-4H3,(H,20,25)(H,21,23)(H,22,24). The quantitative estimate of drug-likeness (QED) is 0.310. The summed E-state index contributed by atoms with van der Waals surface area (Å²) in [4.78, 5) is 47.5. The SMILES string of the molecule is CC(=O)Nc1c(I)c(NC(C)=O)c(I)c(C(=O)OCC(=O)NC(C)C)c1I. The highest BCUT2D eigenvalue weighted by Gasteiger charge is 2.27. The number of ether oxygens (including phenoxy) is 1. The highest BCUT2D eigenvalue weighted by Crippen LogP contribution is 2.39. The Labute approximate surface area is 197 Å². The smallest absolute Gasteiger partial charge is 0.340 e. The predicted octanol–water partition coefficient (Wildman–Crippen LogP) is 3.10. The highest BCUT2D eigenvalue weighted by molar-refractivity contribution is 14.1. The zero-order valence-electron chi connectivity index (χ0n) is 15.0. The number of amides is 3. The molecule has 1 rings (SSSR count). The minimum Gasteiger partial charge on any atom is -0.452 e. The molecule has 0 fully saturated rings. The van der Waals surface area contributed by atoms with Crippen LogP contribution in [0.15, 0.2) is 0 Å². The second-order valence-corrected chi connectivity index (χ2v) is 8.96. The summed E-state index contributed by atoms with van der Waals surface area (Å²) >= 11 is 5.85. The number of rotatable bonds is 6. The Balaban J connectivity index is 3.34. The van der Waals surface area contributed by atoms with Crippen molar-refractivity contribution in [3.05, 3.63) is 16.3 Å². The molecule has 148 valence electrons. The first-order valence-corrected chi connectivity index (χ1v) is 10.9.